The number of rotatable bonds is 3. The second kappa shape index (κ2) is 6.05. The zero-order valence-corrected chi connectivity index (χ0v) is 13.4. The summed E-state index contributed by atoms with van der Waals surface area (Å²) in [6.07, 6.45) is 6.61. The number of nitrogen functional groups attached to an aromatic ring is 1. The summed E-state index contributed by atoms with van der Waals surface area (Å²) < 4.78 is 2.27. The van der Waals surface area contributed by atoms with E-state index in [0.717, 1.165) is 52.2 Å². The first-order valence-electron chi connectivity index (χ1n) is 7.42. The van der Waals surface area contributed by atoms with Gasteiger partial charge < -0.3 is 10.3 Å². The molecule has 112 valence electrons. The maximum atomic E-state index is 6.08. The third-order valence-electron chi connectivity index (χ3n) is 4.09. The normalized spacial score (nSPS) is 14.8. The number of nitrogens with zero attached hydrogens (tertiary/aromatic N) is 4. The molecule has 0 atom stereocenters. The van der Waals surface area contributed by atoms with Gasteiger partial charge in [-0.1, -0.05) is 18.2 Å². The molecular formula is C15H21N5S. The fourth-order valence-corrected chi connectivity index (χ4v) is 3.64. The van der Waals surface area contributed by atoms with E-state index in [-0.39, 0.29) is 0 Å². The Kier molecular flexibility index (Phi) is 4.14. The minimum atomic E-state index is 0.786. The molecule has 0 fully saturated rings. The summed E-state index contributed by atoms with van der Waals surface area (Å²) in [6, 6.07) is 0. The van der Waals surface area contributed by atoms with E-state index in [1.54, 1.807) is 11.8 Å². The maximum absolute atomic E-state index is 6.08. The molecule has 21 heavy (non-hydrogen) atoms. The molecule has 0 spiro atoms. The second-order valence-electron chi connectivity index (χ2n) is 5.58. The largest absolute Gasteiger partial charge is 0.398 e. The molecule has 6 heteroatoms. The van der Waals surface area contributed by atoms with Crippen LogP contribution < -0.4 is 5.73 Å². The number of thioether (sulfide) groups is 1. The third kappa shape index (κ3) is 2.90. The van der Waals surface area contributed by atoms with Gasteiger partial charge in [0.05, 0.1) is 5.69 Å². The minimum absolute atomic E-state index is 0.786. The predicted molar refractivity (Wildman–Crippen MR) is 85.3 cm³/mol. The monoisotopic (exact) mass is 303 g/mol. The molecular weight excluding hydrogens is 282 g/mol. The number of hydrogen-bond acceptors (Lipinski definition) is 5. The van der Waals surface area contributed by atoms with Crippen LogP contribution in [0, 0.1) is 13.8 Å². The molecule has 1 aliphatic heterocycles. The molecule has 0 saturated heterocycles. The zero-order valence-electron chi connectivity index (χ0n) is 12.6. The molecule has 0 amide bonds. The van der Waals surface area contributed by atoms with Gasteiger partial charge in [0.25, 0.3) is 0 Å². The van der Waals surface area contributed by atoms with Gasteiger partial charge in [0.1, 0.15) is 5.82 Å². The molecule has 2 aromatic heterocycles. The van der Waals surface area contributed by atoms with Crippen molar-refractivity contribution in [2.24, 2.45) is 0 Å². The predicted octanol–water partition coefficient (Wildman–Crippen LogP) is 2.89. The lowest BCUT2D eigenvalue weighted by Crippen LogP contribution is -2.04. The van der Waals surface area contributed by atoms with E-state index in [4.69, 9.17) is 5.73 Å². The minimum Gasteiger partial charge on any atom is -0.398 e. The van der Waals surface area contributed by atoms with Crippen LogP contribution in [0.25, 0.3) is 0 Å². The Morgan fingerprint density at radius 3 is 2.95 bits per heavy atom. The van der Waals surface area contributed by atoms with Crippen molar-refractivity contribution in [1.82, 2.24) is 19.7 Å². The van der Waals surface area contributed by atoms with Gasteiger partial charge in [-0.05, 0) is 37.8 Å². The van der Waals surface area contributed by atoms with Crippen LogP contribution in [0.2, 0.25) is 0 Å². The molecule has 0 bridgehead atoms. The summed E-state index contributed by atoms with van der Waals surface area (Å²) in [6.45, 7) is 5.06. The molecule has 3 rings (SSSR count). The lowest BCUT2D eigenvalue weighted by atomic mass is 10.1. The van der Waals surface area contributed by atoms with E-state index in [2.05, 4.69) is 19.7 Å². The van der Waals surface area contributed by atoms with Crippen molar-refractivity contribution < 1.29 is 0 Å². The Hall–Kier alpha value is -1.56. The molecule has 1 aliphatic rings. The van der Waals surface area contributed by atoms with E-state index >= 15 is 0 Å². The van der Waals surface area contributed by atoms with Crippen LogP contribution in [0.3, 0.4) is 0 Å². The highest BCUT2D eigenvalue weighted by Gasteiger charge is 2.16. The van der Waals surface area contributed by atoms with Crippen molar-refractivity contribution in [2.75, 3.05) is 5.73 Å². The van der Waals surface area contributed by atoms with Gasteiger partial charge in [-0.3, -0.25) is 4.98 Å². The van der Waals surface area contributed by atoms with Gasteiger partial charge in [0.2, 0.25) is 0 Å². The SMILES string of the molecule is Cc1cnc(CSc2nnc3n2CCCCC3)c(C)c1N. The first kappa shape index (κ1) is 14.4. The standard InChI is InChI=1S/C15H21N5S/c1-10-8-17-12(11(2)14(10)16)9-21-15-19-18-13-6-4-3-5-7-20(13)15/h8H,3-7,9H2,1-2H3,(H2,16,17). The maximum Gasteiger partial charge on any atom is 0.191 e. The summed E-state index contributed by atoms with van der Waals surface area (Å²) >= 11 is 1.70. The van der Waals surface area contributed by atoms with Crippen molar-refractivity contribution in [2.45, 2.75) is 57.0 Å². The molecule has 0 aromatic carbocycles. The molecule has 3 heterocycles. The molecule has 5 nitrogen and oxygen atoms in total. The fraction of sp³-hybridized carbons (Fsp3) is 0.533. The Labute approximate surface area is 129 Å². The van der Waals surface area contributed by atoms with Crippen LogP contribution in [0.5, 0.6) is 0 Å². The smallest absolute Gasteiger partial charge is 0.191 e. The lowest BCUT2D eigenvalue weighted by Gasteiger charge is -2.10. The van der Waals surface area contributed by atoms with Gasteiger partial charge in [-0.15, -0.1) is 10.2 Å². The van der Waals surface area contributed by atoms with E-state index < -0.39 is 0 Å². The third-order valence-corrected chi connectivity index (χ3v) is 5.07. The molecule has 0 radical (unpaired) electrons. The van der Waals surface area contributed by atoms with Gasteiger partial charge in [0.15, 0.2) is 5.16 Å². The number of pyridine rings is 1. The van der Waals surface area contributed by atoms with Crippen molar-refractivity contribution in [3.8, 4) is 0 Å². The first-order valence-corrected chi connectivity index (χ1v) is 8.41. The highest BCUT2D eigenvalue weighted by molar-refractivity contribution is 7.98. The highest BCUT2D eigenvalue weighted by atomic mass is 32.2. The Morgan fingerprint density at radius 1 is 1.24 bits per heavy atom. The van der Waals surface area contributed by atoms with Gasteiger partial charge in [0, 0.05) is 30.6 Å². The van der Waals surface area contributed by atoms with Gasteiger partial charge >= 0.3 is 0 Å². The van der Waals surface area contributed by atoms with Crippen molar-refractivity contribution in [3.05, 3.63) is 28.8 Å². The van der Waals surface area contributed by atoms with E-state index in [0.29, 0.717) is 0 Å². The fourth-order valence-electron chi connectivity index (χ4n) is 2.64. The number of aryl methyl sites for hydroxylation is 2. The average Bonchev–Trinajstić information content (AvgIpc) is 2.71. The van der Waals surface area contributed by atoms with Crippen LogP contribution in [0.15, 0.2) is 11.4 Å². The van der Waals surface area contributed by atoms with Crippen LogP contribution in [0.1, 0.15) is 41.9 Å². The van der Waals surface area contributed by atoms with Gasteiger partial charge in [-0.2, -0.15) is 0 Å². The first-order chi connectivity index (χ1) is 10.2. The van der Waals surface area contributed by atoms with E-state index in [1.807, 2.05) is 20.0 Å². The molecule has 0 unspecified atom stereocenters. The van der Waals surface area contributed by atoms with Crippen LogP contribution in [0.4, 0.5) is 5.69 Å². The van der Waals surface area contributed by atoms with Crippen molar-refractivity contribution in [1.29, 1.82) is 0 Å². The van der Waals surface area contributed by atoms with Crippen molar-refractivity contribution in [3.63, 3.8) is 0 Å². The number of nitrogens with two attached hydrogens (primary N) is 1. The van der Waals surface area contributed by atoms with Crippen LogP contribution >= 0.6 is 11.8 Å². The number of anilines is 1. The van der Waals surface area contributed by atoms with E-state index in [9.17, 15) is 0 Å². The molecule has 2 aromatic rings. The number of hydrogen-bond donors (Lipinski definition) is 1. The van der Waals surface area contributed by atoms with Crippen LogP contribution in [-0.4, -0.2) is 19.7 Å². The number of fused-ring (bicyclic) bond motifs is 1. The Morgan fingerprint density at radius 2 is 2.10 bits per heavy atom. The summed E-state index contributed by atoms with van der Waals surface area (Å²) in [7, 11) is 0. The van der Waals surface area contributed by atoms with E-state index in [1.165, 1.54) is 19.3 Å². The second-order valence-corrected chi connectivity index (χ2v) is 6.52. The zero-order chi connectivity index (χ0) is 14.8. The Balaban J connectivity index is 1.77. The van der Waals surface area contributed by atoms with Crippen LogP contribution in [-0.2, 0) is 18.7 Å². The average molecular weight is 303 g/mol. The summed E-state index contributed by atoms with van der Waals surface area (Å²) in [5, 5.41) is 9.68. The Bertz CT molecular complexity index is 650. The number of aromatic nitrogens is 4. The van der Waals surface area contributed by atoms with Gasteiger partial charge in [-0.25, -0.2) is 0 Å². The quantitative estimate of drug-likeness (QED) is 0.883. The summed E-state index contributed by atoms with van der Waals surface area (Å²) in [4.78, 5) is 4.51. The topological polar surface area (TPSA) is 69.6 Å². The molecule has 0 saturated carbocycles. The summed E-state index contributed by atoms with van der Waals surface area (Å²) in [5.74, 6) is 1.91. The lowest BCUT2D eigenvalue weighted by molar-refractivity contribution is 0.591. The molecule has 0 aliphatic carbocycles. The summed E-state index contributed by atoms with van der Waals surface area (Å²) in [5.41, 5.74) is 10.1. The highest BCUT2D eigenvalue weighted by Crippen LogP contribution is 2.27. The van der Waals surface area contributed by atoms with Crippen molar-refractivity contribution >= 4 is 17.4 Å². The molecule has 2 N–H and O–H groups in total.